The average Bonchev–Trinajstić information content (AvgIpc) is 2.16. The Morgan fingerprint density at radius 3 is 2.64 bits per heavy atom. The van der Waals surface area contributed by atoms with Crippen molar-refractivity contribution < 1.29 is 15.2 Å². The molecule has 0 saturated carbocycles. The summed E-state index contributed by atoms with van der Waals surface area (Å²) >= 11 is 0. The smallest absolute Gasteiger partial charge is 0.489 e. The monoisotopic (exact) mass is 189 g/mol. The van der Waals surface area contributed by atoms with Gasteiger partial charge in [0, 0.05) is 17.6 Å². The Labute approximate surface area is 80.6 Å². The van der Waals surface area contributed by atoms with Gasteiger partial charge in [0.05, 0.1) is 5.52 Å². The molecule has 2 rings (SSSR count). The molecule has 3 N–H and O–H groups in total. The number of benzene rings is 1. The molecule has 0 aliphatic carbocycles. The van der Waals surface area contributed by atoms with Gasteiger partial charge < -0.3 is 15.2 Å². The zero-order valence-electron chi connectivity index (χ0n) is 7.25. The summed E-state index contributed by atoms with van der Waals surface area (Å²) in [6, 6.07) is 6.09. The van der Waals surface area contributed by atoms with E-state index in [-0.39, 0.29) is 5.75 Å². The van der Waals surface area contributed by atoms with Gasteiger partial charge in [-0.1, -0.05) is 0 Å². The zero-order valence-corrected chi connectivity index (χ0v) is 7.25. The standard InChI is InChI=1S/C9H8BNO3/c12-6-1-2-7-8(10(13)14)3-4-11-9(7)5-6/h1-5,12-14H. The summed E-state index contributed by atoms with van der Waals surface area (Å²) in [4.78, 5) is 4.00. The van der Waals surface area contributed by atoms with Crippen molar-refractivity contribution in [2.75, 3.05) is 0 Å². The fourth-order valence-corrected chi connectivity index (χ4v) is 1.38. The van der Waals surface area contributed by atoms with Crippen molar-refractivity contribution in [2.24, 2.45) is 0 Å². The fourth-order valence-electron chi connectivity index (χ4n) is 1.38. The van der Waals surface area contributed by atoms with E-state index in [0.29, 0.717) is 16.4 Å². The maximum Gasteiger partial charge on any atom is 0.489 e. The van der Waals surface area contributed by atoms with Gasteiger partial charge in [0.25, 0.3) is 0 Å². The summed E-state index contributed by atoms with van der Waals surface area (Å²) in [6.45, 7) is 0. The van der Waals surface area contributed by atoms with Gasteiger partial charge in [-0.15, -0.1) is 0 Å². The van der Waals surface area contributed by atoms with Crippen LogP contribution in [0.5, 0.6) is 5.75 Å². The second kappa shape index (κ2) is 3.28. The van der Waals surface area contributed by atoms with Crippen molar-refractivity contribution in [1.29, 1.82) is 0 Å². The van der Waals surface area contributed by atoms with E-state index in [2.05, 4.69) is 4.98 Å². The molecule has 1 heterocycles. The lowest BCUT2D eigenvalue weighted by Crippen LogP contribution is -2.30. The molecular weight excluding hydrogens is 181 g/mol. The van der Waals surface area contributed by atoms with E-state index < -0.39 is 7.12 Å². The van der Waals surface area contributed by atoms with Gasteiger partial charge in [-0.05, 0) is 23.7 Å². The van der Waals surface area contributed by atoms with Crippen molar-refractivity contribution in [3.63, 3.8) is 0 Å². The number of nitrogens with zero attached hydrogens (tertiary/aromatic N) is 1. The minimum atomic E-state index is -1.52. The highest BCUT2D eigenvalue weighted by Crippen LogP contribution is 2.16. The van der Waals surface area contributed by atoms with Gasteiger partial charge in [-0.2, -0.15) is 0 Å². The van der Waals surface area contributed by atoms with Gasteiger partial charge in [0.2, 0.25) is 0 Å². The van der Waals surface area contributed by atoms with E-state index in [1.807, 2.05) is 0 Å². The molecule has 0 bridgehead atoms. The van der Waals surface area contributed by atoms with Crippen LogP contribution in [0, 0.1) is 0 Å². The SMILES string of the molecule is OB(O)c1ccnc2cc(O)ccc12. The van der Waals surface area contributed by atoms with Crippen LogP contribution in [0.25, 0.3) is 10.9 Å². The molecule has 5 heteroatoms. The van der Waals surface area contributed by atoms with E-state index in [1.165, 1.54) is 24.4 Å². The quantitative estimate of drug-likeness (QED) is 0.534. The van der Waals surface area contributed by atoms with E-state index in [4.69, 9.17) is 10.0 Å². The number of pyridine rings is 1. The first-order valence-corrected chi connectivity index (χ1v) is 4.12. The molecule has 0 fully saturated rings. The molecule has 14 heavy (non-hydrogen) atoms. The van der Waals surface area contributed by atoms with Crippen LogP contribution in [-0.2, 0) is 0 Å². The number of phenols is 1. The van der Waals surface area contributed by atoms with Crippen molar-refractivity contribution in [1.82, 2.24) is 4.98 Å². The normalized spacial score (nSPS) is 10.4. The molecule has 1 aromatic carbocycles. The highest BCUT2D eigenvalue weighted by molar-refractivity contribution is 6.61. The number of aromatic hydroxyl groups is 1. The summed E-state index contributed by atoms with van der Waals surface area (Å²) in [5.74, 6) is 0.106. The summed E-state index contributed by atoms with van der Waals surface area (Å²) in [6.07, 6.45) is 1.47. The number of hydrogen-bond acceptors (Lipinski definition) is 4. The van der Waals surface area contributed by atoms with Gasteiger partial charge in [-0.25, -0.2) is 0 Å². The van der Waals surface area contributed by atoms with Gasteiger partial charge in [0.15, 0.2) is 0 Å². The Morgan fingerprint density at radius 1 is 1.14 bits per heavy atom. The number of phenolic OH excluding ortho intramolecular Hbond substituents is 1. The lowest BCUT2D eigenvalue weighted by atomic mass is 9.78. The van der Waals surface area contributed by atoms with Gasteiger partial charge >= 0.3 is 7.12 Å². The lowest BCUT2D eigenvalue weighted by Gasteiger charge is -2.04. The Hall–Kier alpha value is -1.59. The van der Waals surface area contributed by atoms with Crippen molar-refractivity contribution in [3.8, 4) is 5.75 Å². The molecule has 1 aromatic heterocycles. The minimum absolute atomic E-state index is 0.106. The largest absolute Gasteiger partial charge is 0.508 e. The first-order valence-electron chi connectivity index (χ1n) is 4.12. The highest BCUT2D eigenvalue weighted by atomic mass is 16.4. The van der Waals surface area contributed by atoms with Crippen LogP contribution in [0.15, 0.2) is 30.5 Å². The molecular formula is C9H8BNO3. The van der Waals surface area contributed by atoms with Gasteiger partial charge in [-0.3, -0.25) is 4.98 Å². The molecule has 0 aliphatic heterocycles. The minimum Gasteiger partial charge on any atom is -0.508 e. The molecule has 70 valence electrons. The maximum absolute atomic E-state index is 9.19. The summed E-state index contributed by atoms with van der Waals surface area (Å²) in [7, 11) is -1.52. The second-order valence-corrected chi connectivity index (χ2v) is 2.98. The van der Waals surface area contributed by atoms with Crippen LogP contribution < -0.4 is 5.46 Å². The molecule has 0 amide bonds. The van der Waals surface area contributed by atoms with Crippen LogP contribution in [0.4, 0.5) is 0 Å². The first kappa shape index (κ1) is 8.99. The first-order chi connectivity index (χ1) is 6.68. The second-order valence-electron chi connectivity index (χ2n) is 2.98. The number of rotatable bonds is 1. The topological polar surface area (TPSA) is 73.6 Å². The van der Waals surface area contributed by atoms with E-state index in [0.717, 1.165) is 0 Å². The van der Waals surface area contributed by atoms with Crippen LogP contribution in [-0.4, -0.2) is 27.3 Å². The van der Waals surface area contributed by atoms with E-state index >= 15 is 0 Å². The molecule has 0 radical (unpaired) electrons. The molecule has 0 atom stereocenters. The Morgan fingerprint density at radius 2 is 1.93 bits per heavy atom. The summed E-state index contributed by atoms with van der Waals surface area (Å²) in [5.41, 5.74) is 0.922. The van der Waals surface area contributed by atoms with Crippen LogP contribution in [0.3, 0.4) is 0 Å². The number of fused-ring (bicyclic) bond motifs is 1. The van der Waals surface area contributed by atoms with E-state index in [1.54, 1.807) is 6.07 Å². The molecule has 0 saturated heterocycles. The van der Waals surface area contributed by atoms with Crippen LogP contribution in [0.1, 0.15) is 0 Å². The summed E-state index contributed by atoms with van der Waals surface area (Å²) in [5, 5.41) is 27.9. The summed E-state index contributed by atoms with van der Waals surface area (Å²) < 4.78 is 0. The third-order valence-corrected chi connectivity index (χ3v) is 2.04. The molecule has 2 aromatic rings. The zero-order chi connectivity index (χ0) is 10.1. The predicted octanol–water partition coefficient (Wildman–Crippen LogP) is -0.380. The van der Waals surface area contributed by atoms with Crippen molar-refractivity contribution in [2.45, 2.75) is 0 Å². The van der Waals surface area contributed by atoms with Crippen molar-refractivity contribution in [3.05, 3.63) is 30.5 Å². The maximum atomic E-state index is 9.19. The van der Waals surface area contributed by atoms with Crippen molar-refractivity contribution >= 4 is 23.5 Å². The van der Waals surface area contributed by atoms with E-state index in [9.17, 15) is 5.11 Å². The molecule has 0 spiro atoms. The predicted molar refractivity (Wildman–Crippen MR) is 53.2 cm³/mol. The third kappa shape index (κ3) is 1.43. The van der Waals surface area contributed by atoms with Crippen LogP contribution >= 0.6 is 0 Å². The highest BCUT2D eigenvalue weighted by Gasteiger charge is 2.14. The molecule has 0 aliphatic rings. The number of hydrogen-bond donors (Lipinski definition) is 3. The Bertz CT molecular complexity index is 473. The van der Waals surface area contributed by atoms with Gasteiger partial charge in [0.1, 0.15) is 5.75 Å². The average molecular weight is 189 g/mol. The molecule has 0 unspecified atom stereocenters. The van der Waals surface area contributed by atoms with Crippen LogP contribution in [0.2, 0.25) is 0 Å². The Kier molecular flexibility index (Phi) is 2.11. The fraction of sp³-hybridized carbons (Fsp3) is 0. The number of aromatic nitrogens is 1. The molecule has 4 nitrogen and oxygen atoms in total. The lowest BCUT2D eigenvalue weighted by molar-refractivity contribution is 0.426. The Balaban J connectivity index is 2.75. The third-order valence-electron chi connectivity index (χ3n) is 2.04.